The van der Waals surface area contributed by atoms with E-state index in [4.69, 9.17) is 10.7 Å². The van der Waals surface area contributed by atoms with Crippen LogP contribution in [-0.2, 0) is 5.41 Å². The number of nitrogens with two attached hydrogens (primary N) is 1. The smallest absolute Gasteiger partial charge is 0.136 e. The lowest BCUT2D eigenvalue weighted by molar-refractivity contribution is 0.238. The summed E-state index contributed by atoms with van der Waals surface area (Å²) < 4.78 is 0. The zero-order valence-electron chi connectivity index (χ0n) is 11.3. The zero-order chi connectivity index (χ0) is 13.3. The number of aryl methyl sites for hydroxylation is 1. The minimum Gasteiger partial charge on any atom is -0.329 e. The number of benzene rings is 1. The number of aromatic nitrogens is 2. The van der Waals surface area contributed by atoms with E-state index in [1.807, 2.05) is 12.3 Å². The molecule has 0 aliphatic heterocycles. The van der Waals surface area contributed by atoms with E-state index in [0.29, 0.717) is 6.54 Å². The normalized spacial score (nSPS) is 16.9. The summed E-state index contributed by atoms with van der Waals surface area (Å²) in [5, 5.41) is 0. The van der Waals surface area contributed by atoms with E-state index in [-0.39, 0.29) is 5.41 Å². The van der Waals surface area contributed by atoms with Crippen LogP contribution in [-0.4, -0.2) is 16.5 Å². The Morgan fingerprint density at radius 1 is 1.26 bits per heavy atom. The first-order valence-electron chi connectivity index (χ1n) is 6.84. The summed E-state index contributed by atoms with van der Waals surface area (Å²) in [6, 6.07) is 10.4. The minimum atomic E-state index is 0.0276. The van der Waals surface area contributed by atoms with Crippen molar-refractivity contribution in [3.8, 4) is 11.3 Å². The van der Waals surface area contributed by atoms with Gasteiger partial charge >= 0.3 is 0 Å². The Morgan fingerprint density at radius 2 is 2.11 bits per heavy atom. The first-order chi connectivity index (χ1) is 9.23. The summed E-state index contributed by atoms with van der Waals surface area (Å²) in [7, 11) is 0. The standard InChI is InChI=1S/C16H19N3/c1-12-4-2-5-13(10-12)14-6-9-18-15(19-14)16(11-17)7-3-8-16/h2,4-6,9-10H,3,7-8,11,17H2,1H3. The highest BCUT2D eigenvalue weighted by Crippen LogP contribution is 2.41. The average Bonchev–Trinajstić information content (AvgIpc) is 2.39. The largest absolute Gasteiger partial charge is 0.329 e. The molecule has 0 amide bonds. The number of hydrogen-bond donors (Lipinski definition) is 1. The maximum atomic E-state index is 5.93. The van der Waals surface area contributed by atoms with Crippen LogP contribution in [0.3, 0.4) is 0 Å². The van der Waals surface area contributed by atoms with E-state index in [2.05, 4.69) is 36.2 Å². The molecule has 1 aliphatic rings. The van der Waals surface area contributed by atoms with Gasteiger partial charge < -0.3 is 5.73 Å². The molecule has 1 saturated carbocycles. The molecule has 1 heterocycles. The molecule has 0 bridgehead atoms. The summed E-state index contributed by atoms with van der Waals surface area (Å²) in [6.07, 6.45) is 5.31. The average molecular weight is 253 g/mol. The van der Waals surface area contributed by atoms with Crippen molar-refractivity contribution in [3.05, 3.63) is 47.9 Å². The van der Waals surface area contributed by atoms with Crippen LogP contribution in [0.1, 0.15) is 30.7 Å². The molecule has 2 N–H and O–H groups in total. The number of rotatable bonds is 3. The molecule has 0 radical (unpaired) electrons. The van der Waals surface area contributed by atoms with Crippen LogP contribution in [0.15, 0.2) is 36.5 Å². The van der Waals surface area contributed by atoms with Gasteiger partial charge in [-0.2, -0.15) is 0 Å². The van der Waals surface area contributed by atoms with Crippen molar-refractivity contribution in [1.29, 1.82) is 0 Å². The first kappa shape index (κ1) is 12.3. The summed E-state index contributed by atoms with van der Waals surface area (Å²) in [5.41, 5.74) is 9.35. The quantitative estimate of drug-likeness (QED) is 0.915. The fourth-order valence-corrected chi connectivity index (χ4v) is 2.70. The van der Waals surface area contributed by atoms with Crippen molar-refractivity contribution in [2.24, 2.45) is 5.73 Å². The van der Waals surface area contributed by atoms with E-state index < -0.39 is 0 Å². The highest BCUT2D eigenvalue weighted by molar-refractivity contribution is 5.59. The van der Waals surface area contributed by atoms with Gasteiger partial charge in [0, 0.05) is 23.7 Å². The van der Waals surface area contributed by atoms with Crippen molar-refractivity contribution in [3.63, 3.8) is 0 Å². The van der Waals surface area contributed by atoms with Gasteiger partial charge in [0.2, 0.25) is 0 Å². The molecule has 98 valence electrons. The zero-order valence-corrected chi connectivity index (χ0v) is 11.3. The SMILES string of the molecule is Cc1cccc(-c2ccnc(C3(CN)CCC3)n2)c1. The second-order valence-corrected chi connectivity index (χ2v) is 5.47. The Balaban J connectivity index is 2.00. The first-order valence-corrected chi connectivity index (χ1v) is 6.84. The van der Waals surface area contributed by atoms with Gasteiger partial charge in [0.1, 0.15) is 5.82 Å². The molecule has 2 aromatic rings. The van der Waals surface area contributed by atoms with Gasteiger partial charge in [0.05, 0.1) is 5.69 Å². The van der Waals surface area contributed by atoms with Gasteiger partial charge in [-0.15, -0.1) is 0 Å². The molecule has 0 saturated heterocycles. The lowest BCUT2D eigenvalue weighted by Gasteiger charge is -2.39. The van der Waals surface area contributed by atoms with Crippen LogP contribution >= 0.6 is 0 Å². The van der Waals surface area contributed by atoms with Crippen LogP contribution in [0.5, 0.6) is 0 Å². The molecular weight excluding hydrogens is 234 g/mol. The van der Waals surface area contributed by atoms with Gasteiger partial charge in [0.25, 0.3) is 0 Å². The van der Waals surface area contributed by atoms with Crippen molar-refractivity contribution in [2.75, 3.05) is 6.54 Å². The molecule has 1 aromatic heterocycles. The van der Waals surface area contributed by atoms with Gasteiger partial charge in [-0.25, -0.2) is 9.97 Å². The monoisotopic (exact) mass is 253 g/mol. The number of hydrogen-bond acceptors (Lipinski definition) is 3. The van der Waals surface area contributed by atoms with Crippen molar-refractivity contribution in [2.45, 2.75) is 31.6 Å². The van der Waals surface area contributed by atoms with Crippen LogP contribution in [0.25, 0.3) is 11.3 Å². The Labute approximate surface area is 113 Å². The van der Waals surface area contributed by atoms with E-state index in [0.717, 1.165) is 29.9 Å². The van der Waals surface area contributed by atoms with Crippen molar-refractivity contribution >= 4 is 0 Å². The molecule has 19 heavy (non-hydrogen) atoms. The Hall–Kier alpha value is -1.74. The summed E-state index contributed by atoms with van der Waals surface area (Å²) in [6.45, 7) is 2.74. The molecule has 3 heteroatoms. The molecular formula is C16H19N3. The molecule has 3 nitrogen and oxygen atoms in total. The molecule has 1 aliphatic carbocycles. The van der Waals surface area contributed by atoms with E-state index in [9.17, 15) is 0 Å². The highest BCUT2D eigenvalue weighted by Gasteiger charge is 2.40. The van der Waals surface area contributed by atoms with Crippen LogP contribution < -0.4 is 5.73 Å². The maximum absolute atomic E-state index is 5.93. The molecule has 0 atom stereocenters. The third kappa shape index (κ3) is 2.15. The van der Waals surface area contributed by atoms with Gasteiger partial charge in [-0.1, -0.05) is 30.2 Å². The number of nitrogens with zero attached hydrogens (tertiary/aromatic N) is 2. The van der Waals surface area contributed by atoms with E-state index in [1.165, 1.54) is 12.0 Å². The van der Waals surface area contributed by atoms with Crippen molar-refractivity contribution in [1.82, 2.24) is 9.97 Å². The lowest BCUT2D eigenvalue weighted by atomic mass is 9.68. The second-order valence-electron chi connectivity index (χ2n) is 5.47. The third-order valence-corrected chi connectivity index (χ3v) is 4.15. The fourth-order valence-electron chi connectivity index (χ4n) is 2.70. The molecule has 1 fully saturated rings. The predicted molar refractivity (Wildman–Crippen MR) is 76.8 cm³/mol. The summed E-state index contributed by atoms with van der Waals surface area (Å²) in [4.78, 5) is 9.22. The molecule has 0 spiro atoms. The Bertz CT molecular complexity index is 583. The van der Waals surface area contributed by atoms with Crippen LogP contribution in [0.4, 0.5) is 0 Å². The van der Waals surface area contributed by atoms with Crippen molar-refractivity contribution < 1.29 is 0 Å². The summed E-state index contributed by atoms with van der Waals surface area (Å²) >= 11 is 0. The van der Waals surface area contributed by atoms with Gasteiger partial charge in [-0.3, -0.25) is 0 Å². The fraction of sp³-hybridized carbons (Fsp3) is 0.375. The molecule has 0 unspecified atom stereocenters. The van der Waals surface area contributed by atoms with Crippen LogP contribution in [0.2, 0.25) is 0 Å². The van der Waals surface area contributed by atoms with E-state index in [1.54, 1.807) is 0 Å². The Kier molecular flexibility index (Phi) is 3.07. The lowest BCUT2D eigenvalue weighted by Crippen LogP contribution is -2.43. The predicted octanol–water partition coefficient (Wildman–Crippen LogP) is 2.83. The Morgan fingerprint density at radius 3 is 2.74 bits per heavy atom. The maximum Gasteiger partial charge on any atom is 0.136 e. The van der Waals surface area contributed by atoms with Gasteiger partial charge in [-0.05, 0) is 31.9 Å². The summed E-state index contributed by atoms with van der Waals surface area (Å²) in [5.74, 6) is 0.917. The topological polar surface area (TPSA) is 51.8 Å². The van der Waals surface area contributed by atoms with Gasteiger partial charge in [0.15, 0.2) is 0 Å². The molecule has 1 aromatic carbocycles. The molecule has 3 rings (SSSR count). The van der Waals surface area contributed by atoms with E-state index >= 15 is 0 Å². The minimum absolute atomic E-state index is 0.0276. The second kappa shape index (κ2) is 4.74. The highest BCUT2D eigenvalue weighted by atomic mass is 14.9. The van der Waals surface area contributed by atoms with Crippen LogP contribution in [0, 0.1) is 6.92 Å². The third-order valence-electron chi connectivity index (χ3n) is 4.15.